The molecule has 0 unspecified atom stereocenters. The minimum atomic E-state index is -1.36. The molecule has 4 aromatic rings. The van der Waals surface area contributed by atoms with Crippen molar-refractivity contribution in [3.05, 3.63) is 82.3 Å². The summed E-state index contributed by atoms with van der Waals surface area (Å²) in [5.74, 6) is -4.66. The Morgan fingerprint density at radius 2 is 1.46 bits per heavy atom. The lowest BCUT2D eigenvalue weighted by Gasteiger charge is -2.39. The zero-order valence-corrected chi connectivity index (χ0v) is 22.6. The van der Waals surface area contributed by atoms with E-state index in [0.717, 1.165) is 40.1 Å². The Balaban J connectivity index is 1.23. The second-order valence-corrected chi connectivity index (χ2v) is 10.7. The molecule has 39 heavy (non-hydrogen) atoms. The van der Waals surface area contributed by atoms with Crippen LogP contribution in [0, 0.1) is 23.3 Å². The van der Waals surface area contributed by atoms with E-state index in [1.54, 1.807) is 0 Å². The highest BCUT2D eigenvalue weighted by Gasteiger charge is 2.32. The minimum Gasteiger partial charge on any atom is -0.365 e. The number of aromatic nitrogens is 2. The molecular weight excluding hydrogens is 550 g/mol. The number of anilines is 3. The lowest BCUT2D eigenvalue weighted by atomic mass is 10.0. The van der Waals surface area contributed by atoms with Gasteiger partial charge in [0.1, 0.15) is 17.8 Å². The van der Waals surface area contributed by atoms with Crippen LogP contribution in [0.15, 0.2) is 47.6 Å². The van der Waals surface area contributed by atoms with Crippen LogP contribution >= 0.6 is 23.4 Å². The highest BCUT2D eigenvalue weighted by Crippen LogP contribution is 2.38. The third kappa shape index (κ3) is 4.43. The summed E-state index contributed by atoms with van der Waals surface area (Å²) in [5, 5.41) is 2.78. The van der Waals surface area contributed by atoms with E-state index in [1.165, 1.54) is 17.5 Å². The van der Waals surface area contributed by atoms with Crippen LogP contribution in [0.4, 0.5) is 34.8 Å². The second kappa shape index (κ2) is 10.4. The van der Waals surface area contributed by atoms with Crippen molar-refractivity contribution in [1.82, 2.24) is 9.97 Å². The van der Waals surface area contributed by atoms with E-state index in [2.05, 4.69) is 20.9 Å². The number of hydrogen-bond donors (Lipinski definition) is 0. The quantitative estimate of drug-likeness (QED) is 0.159. The molecule has 0 aliphatic carbocycles. The molecule has 3 aromatic carbocycles. The van der Waals surface area contributed by atoms with Crippen LogP contribution < -0.4 is 14.7 Å². The first-order valence-corrected chi connectivity index (χ1v) is 14.1. The Morgan fingerprint density at radius 3 is 2.15 bits per heavy atom. The number of nitrogens with zero attached hydrogens (tertiary/aromatic N) is 5. The molecule has 0 amide bonds. The van der Waals surface area contributed by atoms with E-state index >= 15 is 0 Å². The topological polar surface area (TPSA) is 35.5 Å². The fraction of sp³-hybridized carbons (Fsp3) is 0.286. The highest BCUT2D eigenvalue weighted by molar-refractivity contribution is 7.98. The maximum absolute atomic E-state index is 14.7. The van der Waals surface area contributed by atoms with Gasteiger partial charge in [-0.2, -0.15) is 0 Å². The van der Waals surface area contributed by atoms with Crippen molar-refractivity contribution in [2.45, 2.75) is 17.9 Å². The first-order chi connectivity index (χ1) is 18.9. The van der Waals surface area contributed by atoms with Gasteiger partial charge < -0.3 is 14.7 Å². The Labute approximate surface area is 232 Å². The van der Waals surface area contributed by atoms with E-state index in [4.69, 9.17) is 11.6 Å². The molecule has 0 N–H and O–H groups in total. The summed E-state index contributed by atoms with van der Waals surface area (Å²) in [4.78, 5) is 14.1. The first kappa shape index (κ1) is 26.0. The third-order valence-electron chi connectivity index (χ3n) is 7.46. The largest absolute Gasteiger partial charge is 0.365 e. The fourth-order valence-corrected chi connectivity index (χ4v) is 6.37. The summed E-state index contributed by atoms with van der Waals surface area (Å²) < 4.78 is 58.2. The molecule has 1 saturated heterocycles. The van der Waals surface area contributed by atoms with Gasteiger partial charge in [-0.25, -0.2) is 27.5 Å². The SMILES string of the molecule is CSc1c(F)c(F)c(N2CCN(c3ncnc4c3CCN(c3cccc5cccc(Cl)c35)C4)CC2)c(F)c1F. The summed E-state index contributed by atoms with van der Waals surface area (Å²) in [6.45, 7) is 2.48. The summed E-state index contributed by atoms with van der Waals surface area (Å²) in [6, 6.07) is 12.0. The zero-order valence-electron chi connectivity index (χ0n) is 21.0. The molecule has 3 heterocycles. The molecule has 0 spiro atoms. The molecule has 1 aromatic heterocycles. The number of fused-ring (bicyclic) bond motifs is 2. The monoisotopic (exact) mass is 573 g/mol. The van der Waals surface area contributed by atoms with Gasteiger partial charge in [0.15, 0.2) is 23.3 Å². The lowest BCUT2D eigenvalue weighted by Crippen LogP contribution is -2.48. The van der Waals surface area contributed by atoms with Gasteiger partial charge in [0.05, 0.1) is 22.2 Å². The van der Waals surface area contributed by atoms with Gasteiger partial charge in [-0.05, 0) is 30.2 Å². The third-order valence-corrected chi connectivity index (χ3v) is 8.54. The van der Waals surface area contributed by atoms with Crippen LogP contribution in [0.2, 0.25) is 5.02 Å². The van der Waals surface area contributed by atoms with E-state index in [0.29, 0.717) is 42.8 Å². The van der Waals surface area contributed by atoms with Gasteiger partial charge in [-0.1, -0.05) is 35.9 Å². The number of halogens is 5. The molecule has 5 nitrogen and oxygen atoms in total. The summed E-state index contributed by atoms with van der Waals surface area (Å²) in [6.07, 6.45) is 3.62. The normalized spacial score (nSPS) is 15.7. The Morgan fingerprint density at radius 1 is 0.795 bits per heavy atom. The van der Waals surface area contributed by atoms with Crippen LogP contribution in [0.5, 0.6) is 0 Å². The maximum atomic E-state index is 14.7. The van der Waals surface area contributed by atoms with E-state index in [9.17, 15) is 17.6 Å². The van der Waals surface area contributed by atoms with Crippen LogP contribution in [0.3, 0.4) is 0 Å². The standard InChI is InChI=1S/C28H24ClF4N5S/c1-39-27-24(32)22(30)26(23(31)25(27)33)36-10-12-37(13-11-36)28-17-8-9-38(14-19(17)34-15-35-28)20-7-3-5-16-4-2-6-18(29)21(16)20/h2-7,15H,8-14H2,1H3. The molecule has 0 radical (unpaired) electrons. The van der Waals surface area contributed by atoms with Crippen molar-refractivity contribution >= 4 is 51.3 Å². The van der Waals surface area contributed by atoms with Gasteiger partial charge >= 0.3 is 0 Å². The number of thioether (sulfide) groups is 1. The average molecular weight is 574 g/mol. The van der Waals surface area contributed by atoms with Crippen molar-refractivity contribution in [3.63, 3.8) is 0 Å². The summed E-state index contributed by atoms with van der Waals surface area (Å²) in [7, 11) is 0. The first-order valence-electron chi connectivity index (χ1n) is 12.5. The number of piperazine rings is 1. The molecule has 2 aliphatic heterocycles. The lowest BCUT2D eigenvalue weighted by molar-refractivity contribution is 0.422. The van der Waals surface area contributed by atoms with Crippen molar-refractivity contribution in [2.75, 3.05) is 53.7 Å². The predicted octanol–water partition coefficient (Wildman–Crippen LogP) is 6.45. The number of benzene rings is 3. The molecule has 1 fully saturated rings. The Hall–Kier alpha value is -3.24. The minimum absolute atomic E-state index is 0.185. The average Bonchev–Trinajstić information content (AvgIpc) is 2.96. The van der Waals surface area contributed by atoms with Crippen molar-refractivity contribution < 1.29 is 17.6 Å². The van der Waals surface area contributed by atoms with Crippen LogP contribution in [0.1, 0.15) is 11.3 Å². The highest BCUT2D eigenvalue weighted by atomic mass is 35.5. The Bertz CT molecular complexity index is 1540. The van der Waals surface area contributed by atoms with Crippen molar-refractivity contribution in [3.8, 4) is 0 Å². The molecule has 202 valence electrons. The molecule has 0 bridgehead atoms. The molecule has 6 rings (SSSR count). The summed E-state index contributed by atoms with van der Waals surface area (Å²) in [5.41, 5.74) is 2.34. The second-order valence-electron chi connectivity index (χ2n) is 9.52. The van der Waals surface area contributed by atoms with Crippen LogP contribution in [-0.4, -0.2) is 48.9 Å². The van der Waals surface area contributed by atoms with Gasteiger partial charge in [-0.15, -0.1) is 11.8 Å². The summed E-state index contributed by atoms with van der Waals surface area (Å²) >= 11 is 7.20. The molecule has 0 saturated carbocycles. The van der Waals surface area contributed by atoms with E-state index in [-0.39, 0.29) is 13.1 Å². The smallest absolute Gasteiger partial charge is 0.186 e. The van der Waals surface area contributed by atoms with E-state index in [1.807, 2.05) is 35.2 Å². The predicted molar refractivity (Wildman–Crippen MR) is 148 cm³/mol. The Kier molecular flexibility index (Phi) is 6.93. The molecule has 11 heteroatoms. The van der Waals surface area contributed by atoms with Gasteiger partial charge in [0.25, 0.3) is 0 Å². The van der Waals surface area contributed by atoms with Gasteiger partial charge in [-0.3, -0.25) is 0 Å². The number of hydrogen-bond acceptors (Lipinski definition) is 6. The van der Waals surface area contributed by atoms with Gasteiger partial charge in [0, 0.05) is 49.4 Å². The molecular formula is C28H24ClF4N5S. The molecule has 2 aliphatic rings. The number of rotatable bonds is 4. The van der Waals surface area contributed by atoms with Gasteiger partial charge in [0.2, 0.25) is 0 Å². The van der Waals surface area contributed by atoms with E-state index < -0.39 is 33.9 Å². The van der Waals surface area contributed by atoms with Crippen LogP contribution in [-0.2, 0) is 13.0 Å². The maximum Gasteiger partial charge on any atom is 0.186 e. The van der Waals surface area contributed by atoms with Crippen LogP contribution in [0.25, 0.3) is 10.8 Å². The van der Waals surface area contributed by atoms with Crippen molar-refractivity contribution in [1.29, 1.82) is 0 Å². The fourth-order valence-electron chi connectivity index (χ4n) is 5.55. The molecule has 0 atom stereocenters. The zero-order chi connectivity index (χ0) is 27.3. The van der Waals surface area contributed by atoms with Crippen molar-refractivity contribution in [2.24, 2.45) is 0 Å².